The van der Waals surface area contributed by atoms with Crippen LogP contribution in [0, 0.1) is 0 Å². The standard InChI is InChI=1S/C17H19Cl2NO/c1-2-20-12-14-10-15(18)11-16(19)17(14)21-9-8-13-6-4-3-5-7-13/h3-7,10-11,20H,2,8-9,12H2,1H3. The Balaban J connectivity index is 2.04. The summed E-state index contributed by atoms with van der Waals surface area (Å²) in [6.45, 7) is 4.22. The maximum atomic E-state index is 6.26. The second kappa shape index (κ2) is 8.28. The monoisotopic (exact) mass is 323 g/mol. The van der Waals surface area contributed by atoms with Gasteiger partial charge in [0, 0.05) is 23.6 Å². The maximum absolute atomic E-state index is 6.26. The summed E-state index contributed by atoms with van der Waals surface area (Å²) in [7, 11) is 0. The summed E-state index contributed by atoms with van der Waals surface area (Å²) in [5, 5.41) is 4.46. The average Bonchev–Trinajstić information content (AvgIpc) is 2.48. The highest BCUT2D eigenvalue weighted by atomic mass is 35.5. The fourth-order valence-corrected chi connectivity index (χ4v) is 2.67. The smallest absolute Gasteiger partial charge is 0.142 e. The summed E-state index contributed by atoms with van der Waals surface area (Å²) < 4.78 is 5.89. The fraction of sp³-hybridized carbons (Fsp3) is 0.294. The lowest BCUT2D eigenvalue weighted by molar-refractivity contribution is 0.318. The normalized spacial score (nSPS) is 10.6. The van der Waals surface area contributed by atoms with Crippen LogP contribution in [0.2, 0.25) is 10.0 Å². The van der Waals surface area contributed by atoms with Gasteiger partial charge in [0.05, 0.1) is 11.6 Å². The van der Waals surface area contributed by atoms with Gasteiger partial charge in [0.2, 0.25) is 0 Å². The van der Waals surface area contributed by atoms with E-state index in [1.54, 1.807) is 6.07 Å². The van der Waals surface area contributed by atoms with Gasteiger partial charge in [-0.25, -0.2) is 0 Å². The molecule has 4 heteroatoms. The molecule has 0 aliphatic heterocycles. The third-order valence-electron chi connectivity index (χ3n) is 3.13. The zero-order valence-electron chi connectivity index (χ0n) is 12.0. The van der Waals surface area contributed by atoms with Gasteiger partial charge >= 0.3 is 0 Å². The van der Waals surface area contributed by atoms with Crippen molar-refractivity contribution in [2.24, 2.45) is 0 Å². The number of nitrogens with one attached hydrogen (secondary N) is 1. The molecule has 21 heavy (non-hydrogen) atoms. The van der Waals surface area contributed by atoms with Gasteiger partial charge in [0.15, 0.2) is 0 Å². The first-order valence-corrected chi connectivity index (χ1v) is 7.81. The van der Waals surface area contributed by atoms with E-state index in [-0.39, 0.29) is 0 Å². The van der Waals surface area contributed by atoms with Crippen molar-refractivity contribution >= 4 is 23.2 Å². The minimum atomic E-state index is 0.559. The SMILES string of the molecule is CCNCc1cc(Cl)cc(Cl)c1OCCc1ccccc1. The minimum absolute atomic E-state index is 0.559. The molecule has 2 nitrogen and oxygen atoms in total. The third kappa shape index (κ3) is 4.92. The van der Waals surface area contributed by atoms with E-state index >= 15 is 0 Å². The number of hydrogen-bond donors (Lipinski definition) is 1. The second-order valence-corrected chi connectivity index (χ2v) is 5.58. The topological polar surface area (TPSA) is 21.3 Å². The minimum Gasteiger partial charge on any atom is -0.491 e. The van der Waals surface area contributed by atoms with Gasteiger partial charge in [-0.05, 0) is 24.2 Å². The van der Waals surface area contributed by atoms with Gasteiger partial charge in [0.1, 0.15) is 5.75 Å². The van der Waals surface area contributed by atoms with E-state index in [1.807, 2.05) is 24.3 Å². The summed E-state index contributed by atoms with van der Waals surface area (Å²) >= 11 is 12.3. The Morgan fingerprint density at radius 2 is 1.86 bits per heavy atom. The number of benzene rings is 2. The molecule has 0 atom stereocenters. The molecule has 2 aromatic carbocycles. The predicted octanol–water partition coefficient (Wildman–Crippen LogP) is 4.72. The Labute approximate surface area is 136 Å². The molecule has 0 saturated heterocycles. The highest BCUT2D eigenvalue weighted by Crippen LogP contribution is 2.32. The van der Waals surface area contributed by atoms with E-state index in [9.17, 15) is 0 Å². The van der Waals surface area contributed by atoms with Gasteiger partial charge in [-0.1, -0.05) is 60.5 Å². The maximum Gasteiger partial charge on any atom is 0.142 e. The number of halogens is 2. The van der Waals surface area contributed by atoms with Crippen LogP contribution in [0.5, 0.6) is 5.75 Å². The highest BCUT2D eigenvalue weighted by Gasteiger charge is 2.10. The molecule has 1 N–H and O–H groups in total. The van der Waals surface area contributed by atoms with Crippen LogP contribution in [-0.4, -0.2) is 13.2 Å². The third-order valence-corrected chi connectivity index (χ3v) is 3.63. The van der Waals surface area contributed by atoms with Gasteiger partial charge < -0.3 is 10.1 Å². The van der Waals surface area contributed by atoms with Crippen molar-refractivity contribution in [2.45, 2.75) is 19.9 Å². The quantitative estimate of drug-likeness (QED) is 0.795. The number of ether oxygens (including phenoxy) is 1. The van der Waals surface area contributed by atoms with Crippen LogP contribution in [0.15, 0.2) is 42.5 Å². The van der Waals surface area contributed by atoms with Gasteiger partial charge in [-0.15, -0.1) is 0 Å². The van der Waals surface area contributed by atoms with Gasteiger partial charge in [-0.3, -0.25) is 0 Å². The van der Waals surface area contributed by atoms with Crippen LogP contribution in [0.25, 0.3) is 0 Å². The Morgan fingerprint density at radius 3 is 2.57 bits per heavy atom. The van der Waals surface area contributed by atoms with Crippen LogP contribution in [0.1, 0.15) is 18.1 Å². The molecule has 0 aliphatic carbocycles. The largest absolute Gasteiger partial charge is 0.491 e. The Morgan fingerprint density at radius 1 is 1.10 bits per heavy atom. The first kappa shape index (κ1) is 16.2. The zero-order valence-corrected chi connectivity index (χ0v) is 13.5. The average molecular weight is 324 g/mol. The van der Waals surface area contributed by atoms with Crippen molar-refractivity contribution in [2.75, 3.05) is 13.2 Å². The molecule has 0 spiro atoms. The molecule has 0 saturated carbocycles. The van der Waals surface area contributed by atoms with Crippen LogP contribution in [0.3, 0.4) is 0 Å². The highest BCUT2D eigenvalue weighted by molar-refractivity contribution is 6.35. The molecule has 0 radical (unpaired) electrons. The van der Waals surface area contributed by atoms with Crippen molar-refractivity contribution in [3.63, 3.8) is 0 Å². The molecule has 0 amide bonds. The Hall–Kier alpha value is -1.22. The molecular weight excluding hydrogens is 305 g/mol. The van der Waals surface area contributed by atoms with Gasteiger partial charge in [0.25, 0.3) is 0 Å². The molecule has 112 valence electrons. The van der Waals surface area contributed by atoms with E-state index in [1.165, 1.54) is 5.56 Å². The lowest BCUT2D eigenvalue weighted by Gasteiger charge is -2.14. The molecular formula is C17H19Cl2NO. The first-order chi connectivity index (χ1) is 10.2. The first-order valence-electron chi connectivity index (χ1n) is 7.06. The van der Waals surface area contributed by atoms with E-state index in [4.69, 9.17) is 27.9 Å². The van der Waals surface area contributed by atoms with Crippen molar-refractivity contribution in [1.82, 2.24) is 5.32 Å². The lowest BCUT2D eigenvalue weighted by atomic mass is 10.1. The van der Waals surface area contributed by atoms with Crippen molar-refractivity contribution in [3.05, 3.63) is 63.6 Å². The van der Waals surface area contributed by atoms with Crippen LogP contribution < -0.4 is 10.1 Å². The molecule has 0 unspecified atom stereocenters. The molecule has 2 aromatic rings. The zero-order chi connectivity index (χ0) is 15.1. The van der Waals surface area contributed by atoms with Crippen molar-refractivity contribution in [3.8, 4) is 5.75 Å². The Kier molecular flexibility index (Phi) is 6.37. The summed E-state index contributed by atoms with van der Waals surface area (Å²) in [6, 6.07) is 13.9. The van der Waals surface area contributed by atoms with Crippen molar-refractivity contribution in [1.29, 1.82) is 0 Å². The summed E-state index contributed by atoms with van der Waals surface area (Å²) in [4.78, 5) is 0. The predicted molar refractivity (Wildman–Crippen MR) is 89.5 cm³/mol. The summed E-state index contributed by atoms with van der Waals surface area (Å²) in [5.41, 5.74) is 2.23. The van der Waals surface area contributed by atoms with E-state index in [0.717, 1.165) is 24.3 Å². The van der Waals surface area contributed by atoms with Crippen LogP contribution >= 0.6 is 23.2 Å². The lowest BCUT2D eigenvalue weighted by Crippen LogP contribution is -2.13. The summed E-state index contributed by atoms with van der Waals surface area (Å²) in [6.07, 6.45) is 0.848. The number of rotatable bonds is 7. The number of hydrogen-bond acceptors (Lipinski definition) is 2. The molecule has 0 aliphatic rings. The fourth-order valence-electron chi connectivity index (χ4n) is 2.08. The molecule has 0 aromatic heterocycles. The van der Waals surface area contributed by atoms with Crippen molar-refractivity contribution < 1.29 is 4.74 Å². The molecule has 2 rings (SSSR count). The van der Waals surface area contributed by atoms with Gasteiger partial charge in [-0.2, -0.15) is 0 Å². The Bertz CT molecular complexity index is 573. The van der Waals surface area contributed by atoms with E-state index in [2.05, 4.69) is 24.4 Å². The van der Waals surface area contributed by atoms with E-state index in [0.29, 0.717) is 23.2 Å². The van der Waals surface area contributed by atoms with E-state index < -0.39 is 0 Å². The molecule has 0 fully saturated rings. The van der Waals surface area contributed by atoms with Crippen LogP contribution in [-0.2, 0) is 13.0 Å². The molecule has 0 heterocycles. The van der Waals surface area contributed by atoms with Crippen LogP contribution in [0.4, 0.5) is 0 Å². The molecule has 0 bridgehead atoms. The summed E-state index contributed by atoms with van der Waals surface area (Å²) in [5.74, 6) is 0.720. The second-order valence-electron chi connectivity index (χ2n) is 4.74.